The summed E-state index contributed by atoms with van der Waals surface area (Å²) in [7, 11) is 0. The molecule has 0 saturated carbocycles. The van der Waals surface area contributed by atoms with Gasteiger partial charge in [0.05, 0.1) is 0 Å². The second kappa shape index (κ2) is 7.36. The zero-order valence-electron chi connectivity index (χ0n) is 10.7. The molecule has 1 N–H and O–H groups in total. The molecule has 92 valence electrons. The van der Waals surface area contributed by atoms with Gasteiger partial charge in [0, 0.05) is 27.6 Å². The minimum atomic E-state index is 0.488. The van der Waals surface area contributed by atoms with Gasteiger partial charge >= 0.3 is 0 Å². The SMILES string of the molecule is CCc1ccc(C(C)NC(CC)CSC)s1. The maximum Gasteiger partial charge on any atom is 0.0388 e. The molecule has 1 aromatic heterocycles. The number of aryl methyl sites for hydroxylation is 1. The smallest absolute Gasteiger partial charge is 0.0388 e. The first-order valence-electron chi connectivity index (χ1n) is 6.04. The van der Waals surface area contributed by atoms with Crippen molar-refractivity contribution in [2.45, 2.75) is 45.7 Å². The van der Waals surface area contributed by atoms with Gasteiger partial charge in [-0.25, -0.2) is 0 Å². The summed E-state index contributed by atoms with van der Waals surface area (Å²) in [6.07, 6.45) is 4.53. The van der Waals surface area contributed by atoms with E-state index in [0.29, 0.717) is 12.1 Å². The van der Waals surface area contributed by atoms with Crippen molar-refractivity contribution in [3.63, 3.8) is 0 Å². The van der Waals surface area contributed by atoms with Gasteiger partial charge in [-0.2, -0.15) is 11.8 Å². The lowest BCUT2D eigenvalue weighted by Crippen LogP contribution is -2.32. The molecule has 0 spiro atoms. The van der Waals surface area contributed by atoms with Gasteiger partial charge in [0.1, 0.15) is 0 Å². The van der Waals surface area contributed by atoms with Crippen molar-refractivity contribution in [1.82, 2.24) is 5.32 Å². The van der Waals surface area contributed by atoms with E-state index in [4.69, 9.17) is 0 Å². The molecule has 2 unspecified atom stereocenters. The Kier molecular flexibility index (Phi) is 6.47. The van der Waals surface area contributed by atoms with E-state index < -0.39 is 0 Å². The highest BCUT2D eigenvalue weighted by atomic mass is 32.2. The molecule has 0 aliphatic carbocycles. The van der Waals surface area contributed by atoms with Crippen LogP contribution in [0.2, 0.25) is 0 Å². The summed E-state index contributed by atoms with van der Waals surface area (Å²) in [6.45, 7) is 6.75. The highest BCUT2D eigenvalue weighted by Gasteiger charge is 2.12. The van der Waals surface area contributed by atoms with Crippen LogP contribution in [0.15, 0.2) is 12.1 Å². The minimum absolute atomic E-state index is 0.488. The highest BCUT2D eigenvalue weighted by molar-refractivity contribution is 7.98. The van der Waals surface area contributed by atoms with Crippen LogP contribution >= 0.6 is 23.1 Å². The van der Waals surface area contributed by atoms with Crippen LogP contribution < -0.4 is 5.32 Å². The number of thioether (sulfide) groups is 1. The number of hydrogen-bond donors (Lipinski definition) is 1. The van der Waals surface area contributed by atoms with Crippen molar-refractivity contribution < 1.29 is 0 Å². The van der Waals surface area contributed by atoms with E-state index in [1.54, 1.807) is 0 Å². The largest absolute Gasteiger partial charge is 0.306 e. The van der Waals surface area contributed by atoms with E-state index in [-0.39, 0.29) is 0 Å². The summed E-state index contributed by atoms with van der Waals surface area (Å²) >= 11 is 3.86. The van der Waals surface area contributed by atoms with Gasteiger partial charge in [-0.05, 0) is 38.2 Å². The molecule has 0 radical (unpaired) electrons. The van der Waals surface area contributed by atoms with Crippen LogP contribution in [0.4, 0.5) is 0 Å². The lowest BCUT2D eigenvalue weighted by molar-refractivity contribution is 0.479. The Morgan fingerprint density at radius 2 is 2.12 bits per heavy atom. The molecule has 3 heteroatoms. The molecule has 0 bridgehead atoms. The van der Waals surface area contributed by atoms with E-state index in [2.05, 4.69) is 44.5 Å². The maximum absolute atomic E-state index is 3.71. The zero-order chi connectivity index (χ0) is 12.0. The first kappa shape index (κ1) is 14.1. The average molecular weight is 257 g/mol. The molecule has 1 heterocycles. The van der Waals surface area contributed by atoms with Gasteiger partial charge in [0.25, 0.3) is 0 Å². The molecular formula is C13H23NS2. The molecule has 0 amide bonds. The molecule has 0 aliphatic rings. The monoisotopic (exact) mass is 257 g/mol. The summed E-state index contributed by atoms with van der Waals surface area (Å²) < 4.78 is 0. The van der Waals surface area contributed by atoms with E-state index in [1.165, 1.54) is 21.9 Å². The Bertz CT molecular complexity index is 296. The summed E-state index contributed by atoms with van der Waals surface area (Å²) in [4.78, 5) is 2.96. The van der Waals surface area contributed by atoms with Crippen LogP contribution in [-0.2, 0) is 6.42 Å². The fourth-order valence-corrected chi connectivity index (χ4v) is 3.44. The van der Waals surface area contributed by atoms with Crippen LogP contribution in [0.25, 0.3) is 0 Å². The van der Waals surface area contributed by atoms with Gasteiger partial charge in [-0.1, -0.05) is 13.8 Å². The molecule has 1 aromatic rings. The van der Waals surface area contributed by atoms with Crippen molar-refractivity contribution in [2.24, 2.45) is 0 Å². The molecule has 0 saturated heterocycles. The number of rotatable bonds is 7. The number of hydrogen-bond acceptors (Lipinski definition) is 3. The summed E-state index contributed by atoms with van der Waals surface area (Å²) in [6, 6.07) is 5.65. The standard InChI is InChI=1S/C13H23NS2/c1-5-11(9-15-4)14-10(3)13-8-7-12(6-2)16-13/h7-8,10-11,14H,5-6,9H2,1-4H3. The van der Waals surface area contributed by atoms with Crippen LogP contribution in [-0.4, -0.2) is 18.1 Å². The van der Waals surface area contributed by atoms with Gasteiger partial charge in [0.2, 0.25) is 0 Å². The molecule has 2 atom stereocenters. The van der Waals surface area contributed by atoms with Crippen molar-refractivity contribution in [3.8, 4) is 0 Å². The Morgan fingerprint density at radius 3 is 2.62 bits per heavy atom. The second-order valence-corrected chi connectivity index (χ2v) is 6.22. The Balaban J connectivity index is 2.52. The summed E-state index contributed by atoms with van der Waals surface area (Å²) in [5.41, 5.74) is 0. The maximum atomic E-state index is 3.71. The van der Waals surface area contributed by atoms with E-state index in [9.17, 15) is 0 Å². The molecule has 16 heavy (non-hydrogen) atoms. The van der Waals surface area contributed by atoms with Crippen LogP contribution in [0.1, 0.15) is 43.0 Å². The lowest BCUT2D eigenvalue weighted by Gasteiger charge is -2.20. The van der Waals surface area contributed by atoms with Gasteiger partial charge < -0.3 is 5.32 Å². The first-order chi connectivity index (χ1) is 7.71. The van der Waals surface area contributed by atoms with Gasteiger partial charge in [0.15, 0.2) is 0 Å². The van der Waals surface area contributed by atoms with Gasteiger partial charge in [-0.15, -0.1) is 11.3 Å². The van der Waals surface area contributed by atoms with Crippen molar-refractivity contribution >= 4 is 23.1 Å². The third kappa shape index (κ3) is 4.11. The molecule has 0 aromatic carbocycles. The number of nitrogens with one attached hydrogen (secondary N) is 1. The van der Waals surface area contributed by atoms with Crippen LogP contribution in [0, 0.1) is 0 Å². The third-order valence-corrected chi connectivity index (χ3v) is 4.95. The van der Waals surface area contributed by atoms with Crippen molar-refractivity contribution in [3.05, 3.63) is 21.9 Å². The third-order valence-electron chi connectivity index (χ3n) is 2.80. The van der Waals surface area contributed by atoms with Gasteiger partial charge in [-0.3, -0.25) is 0 Å². The van der Waals surface area contributed by atoms with Crippen LogP contribution in [0.5, 0.6) is 0 Å². The zero-order valence-corrected chi connectivity index (χ0v) is 12.4. The summed E-state index contributed by atoms with van der Waals surface area (Å²) in [5, 5.41) is 3.71. The van der Waals surface area contributed by atoms with E-state index in [1.807, 2.05) is 23.1 Å². The van der Waals surface area contributed by atoms with Crippen molar-refractivity contribution in [1.29, 1.82) is 0 Å². The predicted molar refractivity (Wildman–Crippen MR) is 77.7 cm³/mol. The average Bonchev–Trinajstić information content (AvgIpc) is 2.76. The van der Waals surface area contributed by atoms with Crippen LogP contribution in [0.3, 0.4) is 0 Å². The van der Waals surface area contributed by atoms with E-state index >= 15 is 0 Å². The Labute approximate surface area is 108 Å². The second-order valence-electron chi connectivity index (χ2n) is 4.11. The summed E-state index contributed by atoms with van der Waals surface area (Å²) in [5.74, 6) is 1.20. The fraction of sp³-hybridized carbons (Fsp3) is 0.692. The molecular weight excluding hydrogens is 234 g/mol. The quantitative estimate of drug-likeness (QED) is 0.789. The highest BCUT2D eigenvalue weighted by Crippen LogP contribution is 2.24. The number of thiophene rings is 1. The molecule has 1 rings (SSSR count). The fourth-order valence-electron chi connectivity index (χ4n) is 1.74. The minimum Gasteiger partial charge on any atom is -0.306 e. The topological polar surface area (TPSA) is 12.0 Å². The normalized spacial score (nSPS) is 15.0. The lowest BCUT2D eigenvalue weighted by atomic mass is 10.2. The predicted octanol–water partition coefficient (Wildman–Crippen LogP) is 4.10. The molecule has 0 aliphatic heterocycles. The molecule has 1 nitrogen and oxygen atoms in total. The Hall–Kier alpha value is 0.01000. The van der Waals surface area contributed by atoms with Crippen molar-refractivity contribution in [2.75, 3.05) is 12.0 Å². The Morgan fingerprint density at radius 1 is 1.38 bits per heavy atom. The van der Waals surface area contributed by atoms with E-state index in [0.717, 1.165) is 6.42 Å². The first-order valence-corrected chi connectivity index (χ1v) is 8.25. The molecule has 0 fully saturated rings.